The van der Waals surface area contributed by atoms with Crippen molar-refractivity contribution in [2.45, 2.75) is 13.8 Å². The van der Waals surface area contributed by atoms with Crippen molar-refractivity contribution in [3.8, 4) is 0 Å². The molecule has 0 bridgehead atoms. The number of nitrogens with zero attached hydrogens (tertiary/aromatic N) is 2. The van der Waals surface area contributed by atoms with Gasteiger partial charge in [0.25, 0.3) is 23.6 Å². The molecule has 0 aromatic heterocycles. The van der Waals surface area contributed by atoms with Crippen LogP contribution in [0.15, 0.2) is 0 Å². The number of amides is 4. The molecule has 2 heterocycles. The average molecular weight is 394 g/mol. The maximum Gasteiger partial charge on any atom is 0.264 e. The van der Waals surface area contributed by atoms with Crippen molar-refractivity contribution >= 4 is 34.4 Å². The largest absolute Gasteiger partial charge is 0.274 e. The van der Waals surface area contributed by atoms with Crippen LogP contribution >= 0.6 is 0 Å². The highest BCUT2D eigenvalue weighted by molar-refractivity contribution is 6.33. The fourth-order valence-corrected chi connectivity index (χ4v) is 3.73. The minimum Gasteiger partial charge on any atom is -0.274 e. The Balaban J connectivity index is 2.35. The van der Waals surface area contributed by atoms with Gasteiger partial charge in [0.15, 0.2) is 23.3 Å². The lowest BCUT2D eigenvalue weighted by atomic mass is 9.84. The van der Waals surface area contributed by atoms with Crippen molar-refractivity contribution in [2.24, 2.45) is 0 Å². The van der Waals surface area contributed by atoms with E-state index < -0.39 is 79.9 Å². The number of benzene rings is 2. The standard InChI is InChI=1S/C18H10F4N2O4/c1-3-23-15(25)7-5-6-9(13(21)11(7)19)17(27)24(4-2)18(28)10(6)14(22)12(20)8(5)16(23)26/h3-4H2,1-2H3. The van der Waals surface area contributed by atoms with Crippen molar-refractivity contribution < 1.29 is 36.7 Å². The van der Waals surface area contributed by atoms with E-state index >= 15 is 0 Å². The van der Waals surface area contributed by atoms with E-state index in [1.165, 1.54) is 13.8 Å². The van der Waals surface area contributed by atoms with E-state index in [1.807, 2.05) is 0 Å². The van der Waals surface area contributed by atoms with Crippen LogP contribution < -0.4 is 0 Å². The van der Waals surface area contributed by atoms with E-state index in [0.29, 0.717) is 9.80 Å². The third-order valence-electron chi connectivity index (χ3n) is 4.98. The number of carbonyl (C=O) groups is 4. The molecule has 0 radical (unpaired) electrons. The number of rotatable bonds is 2. The molecule has 2 aliphatic heterocycles. The number of imide groups is 2. The first-order chi connectivity index (χ1) is 13.2. The highest BCUT2D eigenvalue weighted by Gasteiger charge is 2.46. The van der Waals surface area contributed by atoms with Crippen LogP contribution in [0.25, 0.3) is 10.8 Å². The SMILES string of the molecule is CCN1C(=O)c2c(F)c(F)c3c4c(c(F)c(F)c(c24)C1=O)C(=O)N(CC)C3=O. The summed E-state index contributed by atoms with van der Waals surface area (Å²) in [7, 11) is 0. The van der Waals surface area contributed by atoms with Crippen LogP contribution in [-0.4, -0.2) is 46.5 Å². The van der Waals surface area contributed by atoms with Gasteiger partial charge in [-0.05, 0) is 13.8 Å². The van der Waals surface area contributed by atoms with Gasteiger partial charge < -0.3 is 0 Å². The molecule has 4 rings (SSSR count). The molecule has 0 fully saturated rings. The second-order valence-electron chi connectivity index (χ2n) is 6.22. The molecule has 0 N–H and O–H groups in total. The van der Waals surface area contributed by atoms with Gasteiger partial charge in [0, 0.05) is 23.9 Å². The molecule has 144 valence electrons. The van der Waals surface area contributed by atoms with E-state index in [-0.39, 0.29) is 13.1 Å². The van der Waals surface area contributed by atoms with Gasteiger partial charge in [-0.3, -0.25) is 29.0 Å². The van der Waals surface area contributed by atoms with E-state index in [0.717, 1.165) is 0 Å². The van der Waals surface area contributed by atoms with E-state index in [2.05, 4.69) is 0 Å². The third kappa shape index (κ3) is 1.82. The van der Waals surface area contributed by atoms with Gasteiger partial charge >= 0.3 is 0 Å². The van der Waals surface area contributed by atoms with Crippen LogP contribution in [0.4, 0.5) is 17.6 Å². The lowest BCUT2D eigenvalue weighted by molar-refractivity contribution is 0.0585. The smallest absolute Gasteiger partial charge is 0.264 e. The number of halogens is 4. The summed E-state index contributed by atoms with van der Waals surface area (Å²) in [6, 6.07) is 0. The molecule has 0 saturated carbocycles. The maximum atomic E-state index is 14.8. The Bertz CT molecular complexity index is 1000. The van der Waals surface area contributed by atoms with Crippen LogP contribution in [0.1, 0.15) is 55.3 Å². The molecule has 0 saturated heterocycles. The zero-order valence-electron chi connectivity index (χ0n) is 14.5. The third-order valence-corrected chi connectivity index (χ3v) is 4.98. The molecule has 0 unspecified atom stereocenters. The monoisotopic (exact) mass is 394 g/mol. The average Bonchev–Trinajstić information content (AvgIpc) is 2.64. The highest BCUT2D eigenvalue weighted by atomic mass is 19.2. The second kappa shape index (κ2) is 5.60. The molecule has 0 atom stereocenters. The summed E-state index contributed by atoms with van der Waals surface area (Å²) in [5.41, 5.74) is -4.06. The Kier molecular flexibility index (Phi) is 3.62. The Morgan fingerprint density at radius 2 is 0.750 bits per heavy atom. The van der Waals surface area contributed by atoms with Gasteiger partial charge in [0.2, 0.25) is 0 Å². The van der Waals surface area contributed by atoms with Crippen LogP contribution in [-0.2, 0) is 0 Å². The number of carbonyl (C=O) groups excluding carboxylic acids is 4. The topological polar surface area (TPSA) is 74.8 Å². The van der Waals surface area contributed by atoms with Crippen LogP contribution in [0, 0.1) is 23.3 Å². The van der Waals surface area contributed by atoms with E-state index in [4.69, 9.17) is 0 Å². The Hall–Kier alpha value is -3.30. The quantitative estimate of drug-likeness (QED) is 0.580. The fraction of sp³-hybridized carbons (Fsp3) is 0.222. The molecule has 2 aromatic carbocycles. The maximum absolute atomic E-state index is 14.8. The predicted octanol–water partition coefficient (Wildman–Crippen LogP) is 2.63. The van der Waals surface area contributed by atoms with E-state index in [9.17, 15) is 36.7 Å². The van der Waals surface area contributed by atoms with Crippen molar-refractivity contribution in [1.29, 1.82) is 0 Å². The van der Waals surface area contributed by atoms with Gasteiger partial charge in [-0.15, -0.1) is 0 Å². The lowest BCUT2D eigenvalue weighted by Crippen LogP contribution is -2.45. The summed E-state index contributed by atoms with van der Waals surface area (Å²) in [4.78, 5) is 51.0. The Labute approximate surface area is 154 Å². The molecular formula is C18H10F4N2O4. The van der Waals surface area contributed by atoms with Crippen LogP contribution in [0.5, 0.6) is 0 Å². The van der Waals surface area contributed by atoms with Crippen LogP contribution in [0.2, 0.25) is 0 Å². The first-order valence-electron chi connectivity index (χ1n) is 8.26. The zero-order valence-corrected chi connectivity index (χ0v) is 14.5. The van der Waals surface area contributed by atoms with Gasteiger partial charge in [0.05, 0.1) is 22.3 Å². The van der Waals surface area contributed by atoms with Gasteiger partial charge in [-0.2, -0.15) is 0 Å². The lowest BCUT2D eigenvalue weighted by Gasteiger charge is -2.32. The Morgan fingerprint density at radius 3 is 0.929 bits per heavy atom. The molecule has 4 amide bonds. The number of hydrogen-bond donors (Lipinski definition) is 0. The highest BCUT2D eigenvalue weighted by Crippen LogP contribution is 2.43. The summed E-state index contributed by atoms with van der Waals surface area (Å²) in [6.07, 6.45) is 0. The minimum absolute atomic E-state index is 0.314. The Morgan fingerprint density at radius 1 is 0.536 bits per heavy atom. The summed E-state index contributed by atoms with van der Waals surface area (Å²) < 4.78 is 59.1. The van der Waals surface area contributed by atoms with Crippen LogP contribution in [0.3, 0.4) is 0 Å². The summed E-state index contributed by atoms with van der Waals surface area (Å²) in [5, 5.41) is -1.53. The summed E-state index contributed by atoms with van der Waals surface area (Å²) in [5.74, 6) is -12.1. The predicted molar refractivity (Wildman–Crippen MR) is 85.9 cm³/mol. The molecule has 6 nitrogen and oxygen atoms in total. The molecule has 28 heavy (non-hydrogen) atoms. The first-order valence-corrected chi connectivity index (χ1v) is 8.26. The first kappa shape index (κ1) is 18.1. The molecule has 10 heteroatoms. The van der Waals surface area contributed by atoms with Crippen molar-refractivity contribution in [1.82, 2.24) is 9.80 Å². The van der Waals surface area contributed by atoms with Gasteiger partial charge in [-0.1, -0.05) is 0 Å². The molecule has 2 aromatic rings. The molecule has 2 aliphatic rings. The van der Waals surface area contributed by atoms with Gasteiger partial charge in [0.1, 0.15) is 0 Å². The normalized spacial score (nSPS) is 15.9. The number of hydrogen-bond acceptors (Lipinski definition) is 4. The summed E-state index contributed by atoms with van der Waals surface area (Å²) in [6.45, 7) is 2.04. The van der Waals surface area contributed by atoms with E-state index in [1.54, 1.807) is 0 Å². The molecular weight excluding hydrogens is 384 g/mol. The zero-order chi connectivity index (χ0) is 20.7. The van der Waals surface area contributed by atoms with Crippen molar-refractivity contribution in [3.63, 3.8) is 0 Å². The fourth-order valence-electron chi connectivity index (χ4n) is 3.73. The molecule has 0 aliphatic carbocycles. The minimum atomic E-state index is -1.77. The summed E-state index contributed by atoms with van der Waals surface area (Å²) >= 11 is 0. The molecule has 0 spiro atoms. The van der Waals surface area contributed by atoms with Crippen molar-refractivity contribution in [2.75, 3.05) is 13.1 Å². The second-order valence-corrected chi connectivity index (χ2v) is 6.22. The van der Waals surface area contributed by atoms with Gasteiger partial charge in [-0.25, -0.2) is 17.6 Å². The van der Waals surface area contributed by atoms with Crippen molar-refractivity contribution in [3.05, 3.63) is 45.5 Å².